The fourth-order valence-electron chi connectivity index (χ4n) is 2.02. The Bertz CT molecular complexity index is 613. The lowest BCUT2D eigenvalue weighted by molar-refractivity contribution is 0.562. The molecular weight excluding hydrogens is 300 g/mol. The molecule has 0 saturated carbocycles. The Balaban J connectivity index is 3.08. The largest absolute Gasteiger partial charge is 0.247 e. The second-order valence-corrected chi connectivity index (χ2v) is 5.38. The first kappa shape index (κ1) is 18.2. The molecule has 0 atom stereocenters. The maximum Gasteiger partial charge on any atom is 0.123 e. The van der Waals surface area contributed by atoms with Crippen molar-refractivity contribution in [1.29, 1.82) is 5.26 Å². The molecule has 116 valence electrons. The number of halogens is 2. The average Bonchev–Trinajstić information content (AvgIpc) is 2.70. The van der Waals surface area contributed by atoms with E-state index >= 15 is 0 Å². The van der Waals surface area contributed by atoms with E-state index < -0.39 is 6.67 Å². The van der Waals surface area contributed by atoms with Crippen LogP contribution < -0.4 is 0 Å². The molecule has 0 fully saturated rings. The molecule has 0 radical (unpaired) electrons. The van der Waals surface area contributed by atoms with Crippen LogP contribution in [0.15, 0.2) is 70.0 Å². The summed E-state index contributed by atoms with van der Waals surface area (Å²) in [6.07, 6.45) is 14.2. The molecule has 0 saturated heterocycles. The number of rotatable bonds is 6. The van der Waals surface area contributed by atoms with E-state index in [0.29, 0.717) is 17.6 Å². The van der Waals surface area contributed by atoms with E-state index in [4.69, 9.17) is 5.26 Å². The Morgan fingerprint density at radius 1 is 1.45 bits per heavy atom. The van der Waals surface area contributed by atoms with E-state index in [2.05, 4.69) is 0 Å². The van der Waals surface area contributed by atoms with Crippen LogP contribution in [0.1, 0.15) is 19.8 Å². The number of hydrogen-bond acceptors (Lipinski definition) is 2. The highest BCUT2D eigenvalue weighted by Crippen LogP contribution is 2.31. The lowest BCUT2D eigenvalue weighted by atomic mass is 10.0. The van der Waals surface area contributed by atoms with Gasteiger partial charge in [0.2, 0.25) is 0 Å². The van der Waals surface area contributed by atoms with Gasteiger partial charge in [-0.25, -0.2) is 8.78 Å². The standard InChI is InChI=1S/C18H19F2NS/c1-3-18(22-2)15-8-6-9-17(20)16(12-15)11-14(13-21)7-4-5-10-19/h3-5,7-9,12H,6,10-11H2,1-2H3/b5-4-,14-7+,18-3-. The first-order chi connectivity index (χ1) is 10.7. The summed E-state index contributed by atoms with van der Waals surface area (Å²) in [7, 11) is 0. The van der Waals surface area contributed by atoms with Crippen molar-refractivity contribution >= 4 is 11.8 Å². The number of thioether (sulfide) groups is 1. The van der Waals surface area contributed by atoms with E-state index in [1.54, 1.807) is 17.8 Å². The first-order valence-corrected chi connectivity index (χ1v) is 8.17. The molecule has 0 aromatic heterocycles. The third kappa shape index (κ3) is 5.50. The van der Waals surface area contributed by atoms with Crippen LogP contribution in [0.25, 0.3) is 0 Å². The summed E-state index contributed by atoms with van der Waals surface area (Å²) in [4.78, 5) is 1.07. The molecule has 0 unspecified atom stereocenters. The van der Waals surface area contributed by atoms with Crippen molar-refractivity contribution in [3.8, 4) is 6.07 Å². The molecule has 0 aromatic carbocycles. The smallest absolute Gasteiger partial charge is 0.123 e. The predicted molar refractivity (Wildman–Crippen MR) is 90.7 cm³/mol. The summed E-state index contributed by atoms with van der Waals surface area (Å²) in [5.74, 6) is -0.307. The second-order valence-electron chi connectivity index (χ2n) is 4.54. The monoisotopic (exact) mass is 319 g/mol. The molecule has 1 aliphatic rings. The van der Waals surface area contributed by atoms with Gasteiger partial charge in [0.15, 0.2) is 0 Å². The molecule has 0 bridgehead atoms. The lowest BCUT2D eigenvalue weighted by Crippen LogP contribution is -1.90. The van der Waals surface area contributed by atoms with Crippen molar-refractivity contribution in [3.05, 3.63) is 70.0 Å². The highest BCUT2D eigenvalue weighted by molar-refractivity contribution is 8.02. The van der Waals surface area contributed by atoms with Crippen LogP contribution in [-0.2, 0) is 0 Å². The molecule has 0 aliphatic heterocycles. The van der Waals surface area contributed by atoms with Crippen LogP contribution in [0, 0.1) is 11.3 Å². The van der Waals surface area contributed by atoms with Gasteiger partial charge in [0.1, 0.15) is 12.5 Å². The van der Waals surface area contributed by atoms with Gasteiger partial charge in [-0.2, -0.15) is 5.26 Å². The van der Waals surface area contributed by atoms with Gasteiger partial charge in [0.05, 0.1) is 6.07 Å². The fourth-order valence-corrected chi connectivity index (χ4v) is 2.64. The minimum atomic E-state index is -0.586. The zero-order valence-electron chi connectivity index (χ0n) is 12.8. The average molecular weight is 319 g/mol. The van der Waals surface area contributed by atoms with E-state index in [-0.39, 0.29) is 12.2 Å². The third-order valence-corrected chi connectivity index (χ3v) is 4.00. The van der Waals surface area contributed by atoms with Crippen molar-refractivity contribution in [2.75, 3.05) is 12.9 Å². The van der Waals surface area contributed by atoms with Crippen LogP contribution >= 0.6 is 11.8 Å². The van der Waals surface area contributed by atoms with E-state index in [1.807, 2.05) is 31.4 Å². The Hall–Kier alpha value is -1.86. The van der Waals surface area contributed by atoms with Crippen molar-refractivity contribution in [3.63, 3.8) is 0 Å². The van der Waals surface area contributed by atoms with Gasteiger partial charge in [-0.3, -0.25) is 0 Å². The van der Waals surface area contributed by atoms with Crippen molar-refractivity contribution in [2.24, 2.45) is 0 Å². The van der Waals surface area contributed by atoms with Gasteiger partial charge in [-0.15, -0.1) is 11.8 Å². The van der Waals surface area contributed by atoms with Gasteiger partial charge in [-0.1, -0.05) is 24.3 Å². The molecule has 0 N–H and O–H groups in total. The van der Waals surface area contributed by atoms with Gasteiger partial charge in [-0.05, 0) is 49.0 Å². The molecular formula is C18H19F2NS. The lowest BCUT2D eigenvalue weighted by Gasteiger charge is -2.07. The van der Waals surface area contributed by atoms with Crippen LogP contribution in [0.5, 0.6) is 0 Å². The maximum absolute atomic E-state index is 14.2. The molecule has 22 heavy (non-hydrogen) atoms. The predicted octanol–water partition coefficient (Wildman–Crippen LogP) is 5.73. The van der Waals surface area contributed by atoms with Gasteiger partial charge < -0.3 is 0 Å². The molecule has 1 nitrogen and oxygen atoms in total. The molecule has 0 amide bonds. The Kier molecular flexibility index (Phi) is 8.24. The van der Waals surface area contributed by atoms with Crippen molar-refractivity contribution in [1.82, 2.24) is 0 Å². The number of hydrogen-bond donors (Lipinski definition) is 0. The normalized spacial score (nSPS) is 16.8. The first-order valence-electron chi connectivity index (χ1n) is 6.95. The molecule has 1 rings (SSSR count). The summed E-state index contributed by atoms with van der Waals surface area (Å²) in [6.45, 7) is 1.36. The fraction of sp³-hybridized carbons (Fsp3) is 0.278. The summed E-state index contributed by atoms with van der Waals surface area (Å²) >= 11 is 1.60. The minimum absolute atomic E-state index is 0.193. The Labute approximate surface area is 135 Å². The van der Waals surface area contributed by atoms with Gasteiger partial charge in [0.25, 0.3) is 0 Å². The quantitative estimate of drug-likeness (QED) is 0.461. The molecule has 1 aliphatic carbocycles. The Morgan fingerprint density at radius 2 is 2.23 bits per heavy atom. The molecule has 0 aromatic rings. The van der Waals surface area contributed by atoms with Crippen molar-refractivity contribution < 1.29 is 8.78 Å². The third-order valence-electron chi connectivity index (χ3n) is 3.09. The van der Waals surface area contributed by atoms with Crippen LogP contribution in [0.2, 0.25) is 0 Å². The number of nitriles is 1. The summed E-state index contributed by atoms with van der Waals surface area (Å²) in [5, 5.41) is 9.13. The van der Waals surface area contributed by atoms with E-state index in [1.165, 1.54) is 24.3 Å². The molecule has 0 spiro atoms. The molecule has 0 heterocycles. The zero-order chi connectivity index (χ0) is 16.4. The van der Waals surface area contributed by atoms with Crippen LogP contribution in [-0.4, -0.2) is 12.9 Å². The van der Waals surface area contributed by atoms with E-state index in [9.17, 15) is 8.78 Å². The zero-order valence-corrected chi connectivity index (χ0v) is 13.6. The summed E-state index contributed by atoms with van der Waals surface area (Å²) in [5.41, 5.74) is 1.83. The SMILES string of the molecule is C/C=C(\SC)C1=CCC=C(F)C(C/C(C#N)=C\C=C/CF)=C1. The van der Waals surface area contributed by atoms with E-state index in [0.717, 1.165) is 10.5 Å². The summed E-state index contributed by atoms with van der Waals surface area (Å²) in [6, 6.07) is 2.03. The van der Waals surface area contributed by atoms with Gasteiger partial charge in [0, 0.05) is 16.9 Å². The Morgan fingerprint density at radius 3 is 2.82 bits per heavy atom. The number of allylic oxidation sites excluding steroid dienone is 11. The topological polar surface area (TPSA) is 23.8 Å². The summed E-state index contributed by atoms with van der Waals surface area (Å²) < 4.78 is 26.2. The molecule has 4 heteroatoms. The highest BCUT2D eigenvalue weighted by Gasteiger charge is 2.12. The van der Waals surface area contributed by atoms with Crippen LogP contribution in [0.4, 0.5) is 8.78 Å². The van der Waals surface area contributed by atoms with Crippen molar-refractivity contribution in [2.45, 2.75) is 19.8 Å². The minimum Gasteiger partial charge on any atom is -0.247 e. The number of nitrogens with zero attached hydrogens (tertiary/aromatic N) is 1. The van der Waals surface area contributed by atoms with Gasteiger partial charge >= 0.3 is 0 Å². The highest BCUT2D eigenvalue weighted by atomic mass is 32.2. The maximum atomic E-state index is 14.2. The van der Waals surface area contributed by atoms with Crippen LogP contribution in [0.3, 0.4) is 0 Å². The second kappa shape index (κ2) is 9.97. The number of alkyl halides is 1.